The van der Waals surface area contributed by atoms with Crippen molar-refractivity contribution in [1.29, 1.82) is 0 Å². The number of rotatable bonds is 5. The monoisotopic (exact) mass is 261 g/mol. The summed E-state index contributed by atoms with van der Waals surface area (Å²) in [6, 6.07) is 6.93. The van der Waals surface area contributed by atoms with Crippen molar-refractivity contribution < 1.29 is 14.5 Å². The van der Waals surface area contributed by atoms with Gasteiger partial charge in [0.05, 0.1) is 5.57 Å². The summed E-state index contributed by atoms with van der Waals surface area (Å²) < 4.78 is 0. The molecule has 0 amide bonds. The Morgan fingerprint density at radius 2 is 1.58 bits per heavy atom. The number of hydrogen-bond donors (Lipinski definition) is 0. The minimum absolute atomic E-state index is 0.0967. The van der Waals surface area contributed by atoms with Gasteiger partial charge in [-0.05, 0) is 26.3 Å². The number of carbonyl (C=O) groups excluding carboxylic acids is 2. The summed E-state index contributed by atoms with van der Waals surface area (Å²) in [6.07, 6.45) is 0. The predicted molar refractivity (Wildman–Crippen MR) is 71.3 cm³/mol. The molecule has 0 aliphatic heterocycles. The van der Waals surface area contributed by atoms with E-state index in [4.69, 9.17) is 0 Å². The summed E-state index contributed by atoms with van der Waals surface area (Å²) in [5.41, 5.74) is 1.60. The minimum atomic E-state index is -0.544. The molecule has 0 aliphatic carbocycles. The predicted octanol–water partition coefficient (Wildman–Crippen LogP) is 2.20. The van der Waals surface area contributed by atoms with Gasteiger partial charge in [-0.15, -0.1) is 0 Å². The van der Waals surface area contributed by atoms with Gasteiger partial charge < -0.3 is 0 Å². The van der Waals surface area contributed by atoms with E-state index < -0.39 is 23.0 Å². The van der Waals surface area contributed by atoms with Gasteiger partial charge in [-0.1, -0.05) is 29.8 Å². The maximum atomic E-state index is 11.5. The van der Waals surface area contributed by atoms with E-state index in [0.717, 1.165) is 5.56 Å². The molecule has 0 N–H and O–H groups in total. The van der Waals surface area contributed by atoms with Crippen LogP contribution in [0.15, 0.2) is 29.8 Å². The van der Waals surface area contributed by atoms with Crippen LogP contribution in [0.4, 0.5) is 0 Å². The van der Waals surface area contributed by atoms with Crippen molar-refractivity contribution in [2.45, 2.75) is 20.8 Å². The molecule has 0 bridgehead atoms. The smallest absolute Gasteiger partial charge is 0.230 e. The Labute approximate surface area is 111 Å². The number of nitro groups is 1. The highest BCUT2D eigenvalue weighted by Gasteiger charge is 2.21. The van der Waals surface area contributed by atoms with Crippen LogP contribution in [0, 0.1) is 17.0 Å². The van der Waals surface area contributed by atoms with E-state index in [1.807, 2.05) is 6.92 Å². The van der Waals surface area contributed by atoms with Gasteiger partial charge in [0, 0.05) is 10.5 Å². The lowest BCUT2D eigenvalue weighted by molar-refractivity contribution is -0.465. The summed E-state index contributed by atoms with van der Waals surface area (Å²) in [4.78, 5) is 33.3. The SMILES string of the molecule is CC(=O)C(C(C)=O)=C(C[N+](=O)[O-])c1ccc(C)cc1. The van der Waals surface area contributed by atoms with Gasteiger partial charge in [0.25, 0.3) is 0 Å². The third-order valence-corrected chi connectivity index (χ3v) is 2.69. The largest absolute Gasteiger partial charge is 0.294 e. The number of aryl methyl sites for hydroxylation is 1. The molecular weight excluding hydrogens is 246 g/mol. The molecule has 0 saturated carbocycles. The fourth-order valence-electron chi connectivity index (χ4n) is 1.87. The highest BCUT2D eigenvalue weighted by Crippen LogP contribution is 2.21. The van der Waals surface area contributed by atoms with Gasteiger partial charge in [-0.3, -0.25) is 19.7 Å². The van der Waals surface area contributed by atoms with Gasteiger partial charge in [0.15, 0.2) is 11.6 Å². The zero-order valence-electron chi connectivity index (χ0n) is 11.1. The Bertz CT molecular complexity index is 539. The zero-order chi connectivity index (χ0) is 14.6. The van der Waals surface area contributed by atoms with Crippen LogP contribution in [0.1, 0.15) is 25.0 Å². The molecule has 100 valence electrons. The van der Waals surface area contributed by atoms with Crippen LogP contribution in [0.2, 0.25) is 0 Å². The second-order valence-electron chi connectivity index (χ2n) is 4.32. The van der Waals surface area contributed by atoms with E-state index in [2.05, 4.69) is 0 Å². The number of allylic oxidation sites excluding steroid dienone is 1. The van der Waals surface area contributed by atoms with Crippen molar-refractivity contribution in [3.05, 3.63) is 51.1 Å². The quantitative estimate of drug-likeness (QED) is 0.267. The van der Waals surface area contributed by atoms with Crippen LogP contribution < -0.4 is 0 Å². The van der Waals surface area contributed by atoms with Gasteiger partial charge in [-0.2, -0.15) is 0 Å². The second-order valence-corrected chi connectivity index (χ2v) is 4.32. The highest BCUT2D eigenvalue weighted by atomic mass is 16.6. The molecule has 0 spiro atoms. The minimum Gasteiger partial charge on any atom is -0.294 e. The first-order chi connectivity index (χ1) is 8.82. The Morgan fingerprint density at radius 1 is 1.11 bits per heavy atom. The topological polar surface area (TPSA) is 77.3 Å². The van der Waals surface area contributed by atoms with Crippen molar-refractivity contribution in [2.75, 3.05) is 6.54 Å². The molecule has 1 rings (SSSR count). The maximum absolute atomic E-state index is 11.5. The average molecular weight is 261 g/mol. The fraction of sp³-hybridized carbons (Fsp3) is 0.286. The highest BCUT2D eigenvalue weighted by molar-refractivity contribution is 6.23. The molecule has 0 aliphatic rings. The molecule has 0 unspecified atom stereocenters. The standard InChI is InChI=1S/C14H15NO4/c1-9-4-6-12(7-5-9)13(8-15(18)19)14(10(2)16)11(3)17/h4-7H,8H2,1-3H3. The molecule has 5 heteroatoms. The summed E-state index contributed by atoms with van der Waals surface area (Å²) >= 11 is 0. The number of nitrogens with zero attached hydrogens (tertiary/aromatic N) is 1. The third-order valence-electron chi connectivity index (χ3n) is 2.69. The molecule has 1 aromatic rings. The molecule has 19 heavy (non-hydrogen) atoms. The lowest BCUT2D eigenvalue weighted by Crippen LogP contribution is -2.15. The van der Waals surface area contributed by atoms with E-state index in [0.29, 0.717) is 5.56 Å². The number of ketones is 2. The van der Waals surface area contributed by atoms with E-state index >= 15 is 0 Å². The first-order valence-corrected chi connectivity index (χ1v) is 5.76. The van der Waals surface area contributed by atoms with Gasteiger partial charge in [0.1, 0.15) is 0 Å². The normalized spacial score (nSPS) is 9.84. The summed E-state index contributed by atoms with van der Waals surface area (Å²) in [7, 11) is 0. The molecule has 0 aromatic heterocycles. The maximum Gasteiger partial charge on any atom is 0.230 e. The summed E-state index contributed by atoms with van der Waals surface area (Å²) in [5.74, 6) is -0.908. The van der Waals surface area contributed by atoms with Crippen molar-refractivity contribution in [1.82, 2.24) is 0 Å². The van der Waals surface area contributed by atoms with Gasteiger partial charge in [0.2, 0.25) is 6.54 Å². The average Bonchev–Trinajstić information content (AvgIpc) is 2.27. The van der Waals surface area contributed by atoms with E-state index in [-0.39, 0.29) is 11.1 Å². The molecule has 5 nitrogen and oxygen atoms in total. The van der Waals surface area contributed by atoms with Gasteiger partial charge in [-0.25, -0.2) is 0 Å². The summed E-state index contributed by atoms with van der Waals surface area (Å²) in [5, 5.41) is 10.7. The Morgan fingerprint density at radius 3 is 1.95 bits per heavy atom. The van der Waals surface area contributed by atoms with Gasteiger partial charge >= 0.3 is 0 Å². The number of Topliss-reactive ketones (excluding diaryl/α,β-unsaturated/α-hetero) is 2. The Kier molecular flexibility index (Phi) is 4.69. The number of carbonyl (C=O) groups is 2. The molecule has 0 atom stereocenters. The molecular formula is C14H15NO4. The van der Waals surface area contributed by atoms with E-state index in [9.17, 15) is 19.7 Å². The molecule has 1 aromatic carbocycles. The van der Waals surface area contributed by atoms with Crippen molar-refractivity contribution >= 4 is 17.1 Å². The molecule has 0 saturated heterocycles. The van der Waals surface area contributed by atoms with Crippen molar-refractivity contribution in [3.63, 3.8) is 0 Å². The Balaban J connectivity index is 3.47. The number of benzene rings is 1. The van der Waals surface area contributed by atoms with Crippen LogP contribution >= 0.6 is 0 Å². The third kappa shape index (κ3) is 3.84. The second kappa shape index (κ2) is 6.04. The Hall–Kier alpha value is -2.30. The van der Waals surface area contributed by atoms with Crippen LogP contribution in [-0.2, 0) is 9.59 Å². The molecule has 0 fully saturated rings. The van der Waals surface area contributed by atoms with Crippen molar-refractivity contribution in [2.24, 2.45) is 0 Å². The lowest BCUT2D eigenvalue weighted by Gasteiger charge is -2.08. The number of hydrogen-bond acceptors (Lipinski definition) is 4. The summed E-state index contributed by atoms with van der Waals surface area (Å²) in [6.45, 7) is 3.82. The van der Waals surface area contributed by atoms with Crippen LogP contribution in [0.25, 0.3) is 5.57 Å². The zero-order valence-corrected chi connectivity index (χ0v) is 11.1. The molecule has 0 heterocycles. The lowest BCUT2D eigenvalue weighted by atomic mass is 9.94. The first-order valence-electron chi connectivity index (χ1n) is 5.76. The van der Waals surface area contributed by atoms with Crippen LogP contribution in [0.5, 0.6) is 0 Å². The fourth-order valence-corrected chi connectivity index (χ4v) is 1.87. The van der Waals surface area contributed by atoms with E-state index in [1.54, 1.807) is 24.3 Å². The molecule has 0 radical (unpaired) electrons. The van der Waals surface area contributed by atoms with Crippen molar-refractivity contribution in [3.8, 4) is 0 Å². The van der Waals surface area contributed by atoms with Crippen LogP contribution in [0.3, 0.4) is 0 Å². The van der Waals surface area contributed by atoms with Crippen LogP contribution in [-0.4, -0.2) is 23.0 Å². The first kappa shape index (κ1) is 14.8. The van der Waals surface area contributed by atoms with E-state index in [1.165, 1.54) is 13.8 Å².